The molecular weight excluding hydrogens is 577 g/mol. The molecule has 2 heterocycles. The minimum atomic E-state index is -1.25. The third-order valence-electron chi connectivity index (χ3n) is 6.44. The maximum absolute atomic E-state index is 14.7. The highest BCUT2D eigenvalue weighted by atomic mass is 127. The molecule has 0 fully saturated rings. The fourth-order valence-electron chi connectivity index (χ4n) is 4.78. The van der Waals surface area contributed by atoms with Gasteiger partial charge in [-0.2, -0.15) is 0 Å². The maximum Gasteiger partial charge on any atom is 0.203 e. The molecule has 190 valence electrons. The van der Waals surface area contributed by atoms with Crippen molar-refractivity contribution in [1.82, 2.24) is 10.6 Å². The Morgan fingerprint density at radius 2 is 2.19 bits per heavy atom. The van der Waals surface area contributed by atoms with Crippen LogP contribution in [0.2, 0.25) is 0 Å². The topological polar surface area (TPSA) is 92.7 Å². The van der Waals surface area contributed by atoms with Crippen molar-refractivity contribution in [2.24, 2.45) is 10.7 Å². The number of allylic oxidation sites excluding steroid dienone is 6. The van der Waals surface area contributed by atoms with Crippen molar-refractivity contribution in [2.75, 3.05) is 7.05 Å². The SMILES string of the molecule is CN=C(I)C1=C(N)CCC=CNC1(C)NC(C)c1oc2cccc(F)c2c(=O)c1C1=CC=CC(F)C1. The predicted octanol–water partition coefficient (Wildman–Crippen LogP) is 5.55. The number of nitrogens with one attached hydrogen (secondary N) is 2. The van der Waals surface area contributed by atoms with Gasteiger partial charge in [-0.15, -0.1) is 0 Å². The first kappa shape index (κ1) is 26.3. The van der Waals surface area contributed by atoms with Crippen LogP contribution in [-0.2, 0) is 0 Å². The second-order valence-electron chi connectivity index (χ2n) is 9.07. The van der Waals surface area contributed by atoms with E-state index in [0.717, 1.165) is 15.7 Å². The van der Waals surface area contributed by atoms with Crippen molar-refractivity contribution in [1.29, 1.82) is 0 Å². The molecule has 36 heavy (non-hydrogen) atoms. The van der Waals surface area contributed by atoms with Crippen molar-refractivity contribution in [2.45, 2.75) is 51.0 Å². The van der Waals surface area contributed by atoms with E-state index < -0.39 is 29.1 Å². The summed E-state index contributed by atoms with van der Waals surface area (Å²) in [5.41, 5.74) is 7.33. The highest BCUT2D eigenvalue weighted by Gasteiger charge is 2.36. The van der Waals surface area contributed by atoms with Crippen LogP contribution in [0.25, 0.3) is 16.5 Å². The first-order valence-corrected chi connectivity index (χ1v) is 12.8. The zero-order chi connectivity index (χ0) is 26.0. The number of hydrogen-bond acceptors (Lipinski definition) is 6. The Morgan fingerprint density at radius 3 is 2.92 bits per heavy atom. The van der Waals surface area contributed by atoms with Crippen LogP contribution in [0.5, 0.6) is 0 Å². The number of alkyl halides is 1. The van der Waals surface area contributed by atoms with Crippen molar-refractivity contribution < 1.29 is 13.2 Å². The van der Waals surface area contributed by atoms with E-state index in [0.29, 0.717) is 23.5 Å². The molecule has 0 radical (unpaired) electrons. The number of benzene rings is 1. The molecule has 1 aromatic carbocycles. The van der Waals surface area contributed by atoms with Gasteiger partial charge in [0, 0.05) is 24.7 Å². The number of nitrogens with two attached hydrogens (primary N) is 1. The molecule has 3 atom stereocenters. The number of rotatable bonds is 5. The highest BCUT2D eigenvalue weighted by molar-refractivity contribution is 14.1. The monoisotopic (exact) mass is 606 g/mol. The van der Waals surface area contributed by atoms with Crippen LogP contribution >= 0.6 is 22.6 Å². The van der Waals surface area contributed by atoms with E-state index >= 15 is 0 Å². The van der Waals surface area contributed by atoms with E-state index in [1.807, 2.05) is 26.1 Å². The van der Waals surface area contributed by atoms with Gasteiger partial charge in [-0.3, -0.25) is 15.1 Å². The molecule has 9 heteroatoms. The molecule has 0 spiro atoms. The van der Waals surface area contributed by atoms with E-state index in [1.165, 1.54) is 18.2 Å². The Kier molecular flexibility index (Phi) is 7.79. The summed E-state index contributed by atoms with van der Waals surface area (Å²) >= 11 is 2.16. The predicted molar refractivity (Wildman–Crippen MR) is 149 cm³/mol. The zero-order valence-corrected chi connectivity index (χ0v) is 22.5. The van der Waals surface area contributed by atoms with Crippen LogP contribution in [0.4, 0.5) is 8.78 Å². The van der Waals surface area contributed by atoms with Gasteiger partial charge in [0.1, 0.15) is 38.1 Å². The second-order valence-corrected chi connectivity index (χ2v) is 10.1. The summed E-state index contributed by atoms with van der Waals surface area (Å²) in [6.45, 7) is 3.78. The molecule has 0 bridgehead atoms. The van der Waals surface area contributed by atoms with Crippen LogP contribution in [-0.4, -0.2) is 22.6 Å². The molecule has 4 N–H and O–H groups in total. The first-order chi connectivity index (χ1) is 17.2. The van der Waals surface area contributed by atoms with E-state index in [1.54, 1.807) is 25.3 Å². The zero-order valence-electron chi connectivity index (χ0n) is 20.4. The number of hydrogen-bond donors (Lipinski definition) is 3. The average molecular weight is 606 g/mol. The normalized spacial score (nSPS) is 23.8. The summed E-state index contributed by atoms with van der Waals surface area (Å²) in [6, 6.07) is 3.71. The van der Waals surface area contributed by atoms with Gasteiger partial charge in [0.15, 0.2) is 0 Å². The third kappa shape index (κ3) is 5.04. The van der Waals surface area contributed by atoms with Gasteiger partial charge in [-0.05, 0) is 73.2 Å². The summed E-state index contributed by atoms with van der Waals surface area (Å²) in [5, 5.41) is 6.75. The molecule has 1 aliphatic heterocycles. The Balaban J connectivity index is 1.89. The summed E-state index contributed by atoms with van der Waals surface area (Å²) in [7, 11) is 1.70. The summed E-state index contributed by atoms with van der Waals surface area (Å²) in [5.74, 6) is -0.383. The van der Waals surface area contributed by atoms with Crippen molar-refractivity contribution in [3.05, 3.63) is 87.3 Å². The average Bonchev–Trinajstić information content (AvgIpc) is 2.82. The lowest BCUT2D eigenvalue weighted by atomic mass is 9.91. The summed E-state index contributed by atoms with van der Waals surface area (Å²) < 4.78 is 35.9. The quantitative estimate of drug-likeness (QED) is 0.307. The molecule has 1 aliphatic carbocycles. The molecule has 4 rings (SSSR count). The maximum atomic E-state index is 14.7. The summed E-state index contributed by atoms with van der Waals surface area (Å²) in [4.78, 5) is 18.0. The van der Waals surface area contributed by atoms with Gasteiger partial charge < -0.3 is 15.5 Å². The Hall–Kier alpha value is -2.79. The standard InChI is InChI=1S/C27H29F2IN4O2/c1-15(34-27(2)23(26(30)32-3)19(31)11-4-5-13-33-27)25-21(16-8-6-9-17(28)14-16)24(35)22-18(29)10-7-12-20(22)36-25/h5-10,12-13,15,17,33-34H,4,11,14,31H2,1-3H3. The van der Waals surface area contributed by atoms with Crippen LogP contribution in [0.15, 0.2) is 74.2 Å². The number of fused-ring (bicyclic) bond motifs is 1. The Labute approximate surface area is 222 Å². The van der Waals surface area contributed by atoms with Gasteiger partial charge in [0.2, 0.25) is 5.43 Å². The molecule has 2 aliphatic rings. The number of aliphatic imine (C=N–C) groups is 1. The fourth-order valence-corrected chi connectivity index (χ4v) is 5.66. The van der Waals surface area contributed by atoms with Crippen molar-refractivity contribution in [3.63, 3.8) is 0 Å². The molecular formula is C27H29F2IN4O2. The molecule has 0 amide bonds. The van der Waals surface area contributed by atoms with E-state index in [2.05, 4.69) is 38.2 Å². The van der Waals surface area contributed by atoms with Crippen molar-refractivity contribution in [3.8, 4) is 0 Å². The lowest BCUT2D eigenvalue weighted by Gasteiger charge is -2.38. The van der Waals surface area contributed by atoms with Gasteiger partial charge in [0.25, 0.3) is 0 Å². The first-order valence-electron chi connectivity index (χ1n) is 11.8. The molecule has 0 saturated heterocycles. The van der Waals surface area contributed by atoms with Gasteiger partial charge in [-0.1, -0.05) is 30.4 Å². The van der Waals surface area contributed by atoms with Crippen LogP contribution < -0.4 is 21.8 Å². The van der Waals surface area contributed by atoms with Crippen LogP contribution in [0.3, 0.4) is 0 Å². The van der Waals surface area contributed by atoms with Crippen molar-refractivity contribution >= 4 is 42.9 Å². The second kappa shape index (κ2) is 10.7. The molecule has 6 nitrogen and oxygen atoms in total. The van der Waals surface area contributed by atoms with Gasteiger partial charge in [0.05, 0.1) is 11.6 Å². The minimum absolute atomic E-state index is 0.00229. The smallest absolute Gasteiger partial charge is 0.203 e. The number of halogens is 3. The molecule has 2 aromatic rings. The third-order valence-corrected chi connectivity index (χ3v) is 7.46. The lowest BCUT2D eigenvalue weighted by molar-refractivity contribution is 0.312. The van der Waals surface area contributed by atoms with Gasteiger partial charge >= 0.3 is 0 Å². The fraction of sp³-hybridized carbons (Fsp3) is 0.333. The molecule has 1 aromatic heterocycles. The Bertz CT molecular complexity index is 1390. The van der Waals surface area contributed by atoms with Crippen LogP contribution in [0, 0.1) is 5.82 Å². The molecule has 0 saturated carbocycles. The minimum Gasteiger partial charge on any atom is -0.458 e. The number of nitrogens with zero attached hydrogens (tertiary/aromatic N) is 1. The lowest BCUT2D eigenvalue weighted by Crippen LogP contribution is -2.57. The largest absolute Gasteiger partial charge is 0.458 e. The Morgan fingerprint density at radius 1 is 1.42 bits per heavy atom. The highest BCUT2D eigenvalue weighted by Crippen LogP contribution is 2.34. The van der Waals surface area contributed by atoms with E-state index in [4.69, 9.17) is 10.2 Å². The van der Waals surface area contributed by atoms with E-state index in [-0.39, 0.29) is 23.0 Å². The van der Waals surface area contributed by atoms with E-state index in [9.17, 15) is 13.6 Å². The van der Waals surface area contributed by atoms with Gasteiger partial charge in [-0.25, -0.2) is 8.78 Å². The summed E-state index contributed by atoms with van der Waals surface area (Å²) in [6.07, 6.45) is 8.72. The molecule has 3 unspecified atom stereocenters. The van der Waals surface area contributed by atoms with Crippen LogP contribution in [0.1, 0.15) is 50.5 Å².